The topological polar surface area (TPSA) is 102 Å². The number of sulfonamides is 1. The number of thiocarbonyl (C=S) groups is 1. The van der Waals surface area contributed by atoms with Gasteiger partial charge in [-0.25, -0.2) is 13.6 Å². The van der Waals surface area contributed by atoms with Crippen molar-refractivity contribution in [3.63, 3.8) is 0 Å². The van der Waals surface area contributed by atoms with E-state index in [0.717, 1.165) is 27.1 Å². The van der Waals surface area contributed by atoms with Gasteiger partial charge in [0.05, 0.1) is 28.5 Å². The van der Waals surface area contributed by atoms with Gasteiger partial charge in [-0.3, -0.25) is 4.68 Å². The molecule has 0 aliphatic carbocycles. The molecule has 0 unspecified atom stereocenters. The van der Waals surface area contributed by atoms with Gasteiger partial charge in [0.2, 0.25) is 10.0 Å². The van der Waals surface area contributed by atoms with Crippen molar-refractivity contribution in [1.82, 2.24) is 9.78 Å². The molecule has 0 radical (unpaired) electrons. The normalized spacial score (nSPS) is 11.3. The third kappa shape index (κ3) is 5.41. The zero-order valence-corrected chi connectivity index (χ0v) is 19.0. The van der Waals surface area contributed by atoms with Crippen LogP contribution in [0.15, 0.2) is 57.9 Å². The Morgan fingerprint density at radius 2 is 1.72 bits per heavy atom. The molecule has 3 rings (SSSR count). The number of anilines is 2. The lowest BCUT2D eigenvalue weighted by molar-refractivity contribution is 0.598. The molecule has 1 aromatic heterocycles. The lowest BCUT2D eigenvalue weighted by Crippen LogP contribution is -2.20. The Morgan fingerprint density at radius 1 is 1.10 bits per heavy atom. The van der Waals surface area contributed by atoms with Crippen LogP contribution in [0.4, 0.5) is 11.4 Å². The number of rotatable bonds is 5. The van der Waals surface area contributed by atoms with Crippen LogP contribution >= 0.6 is 28.1 Å². The summed E-state index contributed by atoms with van der Waals surface area (Å²) in [5.41, 5.74) is 4.40. The molecular formula is C19H20BrN5O2S2. The Morgan fingerprint density at radius 3 is 2.31 bits per heavy atom. The number of aromatic nitrogens is 2. The third-order valence-electron chi connectivity index (χ3n) is 4.31. The van der Waals surface area contributed by atoms with E-state index in [-0.39, 0.29) is 4.90 Å². The minimum absolute atomic E-state index is 0.0443. The summed E-state index contributed by atoms with van der Waals surface area (Å²) in [6, 6.07) is 14.1. The average molecular weight is 494 g/mol. The van der Waals surface area contributed by atoms with E-state index in [1.807, 2.05) is 42.8 Å². The number of halogens is 1. The second kappa shape index (κ2) is 8.62. The molecule has 29 heavy (non-hydrogen) atoms. The van der Waals surface area contributed by atoms with Gasteiger partial charge in [0.15, 0.2) is 5.11 Å². The molecule has 7 nitrogen and oxygen atoms in total. The maximum absolute atomic E-state index is 11.3. The number of primary sulfonamides is 1. The molecule has 0 spiro atoms. The van der Waals surface area contributed by atoms with Crippen molar-refractivity contribution in [2.75, 3.05) is 10.6 Å². The highest BCUT2D eigenvalue weighted by molar-refractivity contribution is 9.10. The number of benzene rings is 2. The molecule has 0 saturated heterocycles. The molecule has 0 aliphatic rings. The summed E-state index contributed by atoms with van der Waals surface area (Å²) >= 11 is 8.83. The van der Waals surface area contributed by atoms with Gasteiger partial charge in [-0.2, -0.15) is 5.10 Å². The quantitative estimate of drug-likeness (QED) is 0.467. The molecule has 0 atom stereocenters. The number of nitrogens with one attached hydrogen (secondary N) is 2. The fraction of sp³-hybridized carbons (Fsp3) is 0.158. The van der Waals surface area contributed by atoms with Crippen LogP contribution in [0.1, 0.15) is 17.0 Å². The highest BCUT2D eigenvalue weighted by Gasteiger charge is 2.13. The van der Waals surface area contributed by atoms with Gasteiger partial charge in [-0.15, -0.1) is 0 Å². The van der Waals surface area contributed by atoms with Crippen molar-refractivity contribution in [2.24, 2.45) is 5.14 Å². The van der Waals surface area contributed by atoms with Gasteiger partial charge >= 0.3 is 0 Å². The zero-order chi connectivity index (χ0) is 21.2. The lowest BCUT2D eigenvalue weighted by atomic mass is 10.2. The zero-order valence-electron chi connectivity index (χ0n) is 15.8. The first-order chi connectivity index (χ1) is 13.6. The highest BCUT2D eigenvalue weighted by Crippen LogP contribution is 2.22. The molecule has 3 aromatic rings. The molecule has 0 aliphatic heterocycles. The molecule has 0 amide bonds. The van der Waals surface area contributed by atoms with Crippen LogP contribution in [0.2, 0.25) is 0 Å². The molecule has 1 heterocycles. The smallest absolute Gasteiger partial charge is 0.238 e. The largest absolute Gasteiger partial charge is 0.332 e. The molecule has 0 bridgehead atoms. The van der Waals surface area contributed by atoms with Gasteiger partial charge in [0.1, 0.15) is 0 Å². The Kier molecular flexibility index (Phi) is 6.37. The van der Waals surface area contributed by atoms with Crippen molar-refractivity contribution < 1.29 is 8.42 Å². The van der Waals surface area contributed by atoms with E-state index < -0.39 is 10.0 Å². The molecule has 4 N–H and O–H groups in total. The summed E-state index contributed by atoms with van der Waals surface area (Å²) in [5, 5.41) is 16.3. The van der Waals surface area contributed by atoms with Crippen LogP contribution in [-0.4, -0.2) is 23.3 Å². The van der Waals surface area contributed by atoms with Gasteiger partial charge < -0.3 is 10.6 Å². The molecule has 152 valence electrons. The van der Waals surface area contributed by atoms with Crippen LogP contribution in [0.25, 0.3) is 0 Å². The summed E-state index contributed by atoms with van der Waals surface area (Å²) in [6.45, 7) is 4.54. The summed E-state index contributed by atoms with van der Waals surface area (Å²) in [5.74, 6) is 0. The minimum Gasteiger partial charge on any atom is -0.332 e. The summed E-state index contributed by atoms with van der Waals surface area (Å²) in [6.07, 6.45) is 0. The Labute approximate surface area is 183 Å². The molecular weight excluding hydrogens is 474 g/mol. The van der Waals surface area contributed by atoms with E-state index in [2.05, 4.69) is 31.7 Å². The van der Waals surface area contributed by atoms with E-state index in [1.54, 1.807) is 12.1 Å². The van der Waals surface area contributed by atoms with Crippen LogP contribution in [0.5, 0.6) is 0 Å². The van der Waals surface area contributed by atoms with Crippen LogP contribution in [-0.2, 0) is 16.6 Å². The van der Waals surface area contributed by atoms with E-state index in [0.29, 0.717) is 17.3 Å². The number of aryl methyl sites for hydroxylation is 1. The van der Waals surface area contributed by atoms with E-state index in [4.69, 9.17) is 17.4 Å². The summed E-state index contributed by atoms with van der Waals surface area (Å²) < 4.78 is 25.6. The van der Waals surface area contributed by atoms with Gasteiger partial charge in [-0.1, -0.05) is 28.1 Å². The molecule has 0 fully saturated rings. The van der Waals surface area contributed by atoms with Crippen molar-refractivity contribution >= 4 is 54.7 Å². The first-order valence-electron chi connectivity index (χ1n) is 8.63. The molecule has 2 aromatic carbocycles. The van der Waals surface area contributed by atoms with Crippen LogP contribution < -0.4 is 15.8 Å². The SMILES string of the molecule is Cc1nn(Cc2ccc(Br)cc2)c(C)c1NC(=S)Nc1ccc(S(N)(=O)=O)cc1. The summed E-state index contributed by atoms with van der Waals surface area (Å²) in [4.78, 5) is 0.0443. The minimum atomic E-state index is -3.72. The van der Waals surface area contributed by atoms with Crippen molar-refractivity contribution in [1.29, 1.82) is 0 Å². The number of hydrogen-bond acceptors (Lipinski definition) is 4. The second-order valence-corrected chi connectivity index (χ2v) is 9.36. The lowest BCUT2D eigenvalue weighted by Gasteiger charge is -2.12. The maximum atomic E-state index is 11.3. The van der Waals surface area contributed by atoms with Crippen molar-refractivity contribution in [3.8, 4) is 0 Å². The van der Waals surface area contributed by atoms with E-state index in [1.165, 1.54) is 12.1 Å². The average Bonchev–Trinajstić information content (AvgIpc) is 2.91. The first-order valence-corrected chi connectivity index (χ1v) is 11.4. The molecule has 10 heteroatoms. The fourth-order valence-electron chi connectivity index (χ4n) is 2.80. The Bertz CT molecular complexity index is 1140. The number of nitrogens with zero attached hydrogens (tertiary/aromatic N) is 2. The predicted octanol–water partition coefficient (Wildman–Crippen LogP) is 3.77. The number of nitrogens with two attached hydrogens (primary N) is 1. The summed E-state index contributed by atoms with van der Waals surface area (Å²) in [7, 11) is -3.72. The van der Waals surface area contributed by atoms with E-state index in [9.17, 15) is 8.42 Å². The van der Waals surface area contributed by atoms with Gasteiger partial charge in [0.25, 0.3) is 0 Å². The fourth-order valence-corrected chi connectivity index (χ4v) is 3.80. The second-order valence-electron chi connectivity index (χ2n) is 6.48. The predicted molar refractivity (Wildman–Crippen MR) is 123 cm³/mol. The maximum Gasteiger partial charge on any atom is 0.238 e. The van der Waals surface area contributed by atoms with Crippen LogP contribution in [0.3, 0.4) is 0 Å². The van der Waals surface area contributed by atoms with Crippen LogP contribution in [0, 0.1) is 13.8 Å². The Hall–Kier alpha value is -2.27. The van der Waals surface area contributed by atoms with E-state index >= 15 is 0 Å². The third-order valence-corrected chi connectivity index (χ3v) is 5.97. The number of hydrogen-bond donors (Lipinski definition) is 3. The van der Waals surface area contributed by atoms with Gasteiger partial charge in [0, 0.05) is 10.2 Å². The Balaban J connectivity index is 1.70. The molecule has 0 saturated carbocycles. The van der Waals surface area contributed by atoms with Crippen molar-refractivity contribution in [3.05, 3.63) is 70.0 Å². The van der Waals surface area contributed by atoms with Crippen molar-refractivity contribution in [2.45, 2.75) is 25.3 Å². The standard InChI is InChI=1S/C19H20BrN5O2S2/c1-12-18(13(2)25(24-12)11-14-3-5-15(20)6-4-14)23-19(28)22-16-7-9-17(10-8-16)29(21,26)27/h3-10H,11H2,1-2H3,(H2,21,26,27)(H2,22,23,28). The monoisotopic (exact) mass is 493 g/mol. The van der Waals surface area contributed by atoms with Gasteiger partial charge in [-0.05, 0) is 68.0 Å². The first kappa shape index (κ1) is 21.4. The highest BCUT2D eigenvalue weighted by atomic mass is 79.9.